The molecule has 1 aromatic rings. The van der Waals surface area contributed by atoms with E-state index in [1.54, 1.807) is 0 Å². The molecule has 0 N–H and O–H groups in total. The van der Waals surface area contributed by atoms with Crippen LogP contribution >= 0.6 is 0 Å². The maximum Gasteiger partial charge on any atom is 0.268 e. The van der Waals surface area contributed by atoms with E-state index in [1.807, 2.05) is 0 Å². The van der Waals surface area contributed by atoms with Gasteiger partial charge in [-0.1, -0.05) is 0 Å². The first-order chi connectivity index (χ1) is 5.65. The molecular weight excluding hydrogens is 171 g/mol. The zero-order chi connectivity index (χ0) is 9.14. The number of alkyl halides is 2. The van der Waals surface area contributed by atoms with E-state index in [9.17, 15) is 18.0 Å². The van der Waals surface area contributed by atoms with Crippen LogP contribution in [0.15, 0.2) is 12.3 Å². The van der Waals surface area contributed by atoms with Gasteiger partial charge in [-0.25, -0.2) is 13.2 Å². The number of halogens is 3. The van der Waals surface area contributed by atoms with Crippen LogP contribution in [-0.4, -0.2) is 11.3 Å². The standard InChI is InChI=1S/C7H4F3NO/c8-6-1-4(3-12)11-2-5(6)7(9)10/h1-3,7H. The summed E-state index contributed by atoms with van der Waals surface area (Å²) in [5.74, 6) is -1.11. The average Bonchev–Trinajstić information content (AvgIpc) is 2.03. The smallest absolute Gasteiger partial charge is 0.268 e. The Morgan fingerprint density at radius 2 is 2.17 bits per heavy atom. The molecule has 0 aliphatic rings. The second-order valence-electron chi connectivity index (χ2n) is 2.05. The van der Waals surface area contributed by atoms with Crippen LogP contribution in [0.2, 0.25) is 0 Å². The summed E-state index contributed by atoms with van der Waals surface area (Å²) in [5.41, 5.74) is -0.988. The summed E-state index contributed by atoms with van der Waals surface area (Å²) in [5, 5.41) is 0. The molecule has 1 heterocycles. The maximum absolute atomic E-state index is 12.6. The molecule has 0 aromatic carbocycles. The molecule has 0 spiro atoms. The third-order valence-corrected chi connectivity index (χ3v) is 1.26. The largest absolute Gasteiger partial charge is 0.296 e. The van der Waals surface area contributed by atoms with Gasteiger partial charge in [0.2, 0.25) is 0 Å². The quantitative estimate of drug-likeness (QED) is 0.643. The number of hydrogen-bond acceptors (Lipinski definition) is 2. The van der Waals surface area contributed by atoms with Gasteiger partial charge < -0.3 is 0 Å². The number of aromatic nitrogens is 1. The monoisotopic (exact) mass is 175 g/mol. The van der Waals surface area contributed by atoms with Crippen LogP contribution in [0.1, 0.15) is 22.5 Å². The Kier molecular flexibility index (Phi) is 2.42. The van der Waals surface area contributed by atoms with Gasteiger partial charge in [-0.3, -0.25) is 9.78 Å². The van der Waals surface area contributed by atoms with Crippen molar-refractivity contribution in [1.29, 1.82) is 0 Å². The van der Waals surface area contributed by atoms with Crippen molar-refractivity contribution in [3.05, 3.63) is 29.3 Å². The van der Waals surface area contributed by atoms with Crippen molar-refractivity contribution in [2.24, 2.45) is 0 Å². The summed E-state index contributed by atoms with van der Waals surface area (Å²) in [7, 11) is 0. The Labute approximate surface area is 66.0 Å². The highest BCUT2D eigenvalue weighted by Gasteiger charge is 2.13. The number of nitrogens with zero attached hydrogens (tertiary/aromatic N) is 1. The van der Waals surface area contributed by atoms with Gasteiger partial charge in [0.15, 0.2) is 6.29 Å². The number of carbonyl (C=O) groups excluding carboxylic acids is 1. The Hall–Kier alpha value is -1.39. The molecular formula is C7H4F3NO. The Balaban J connectivity index is 3.11. The topological polar surface area (TPSA) is 30.0 Å². The zero-order valence-corrected chi connectivity index (χ0v) is 5.80. The van der Waals surface area contributed by atoms with E-state index in [0.29, 0.717) is 18.5 Å². The van der Waals surface area contributed by atoms with E-state index in [-0.39, 0.29) is 5.69 Å². The van der Waals surface area contributed by atoms with Crippen LogP contribution in [-0.2, 0) is 0 Å². The van der Waals surface area contributed by atoms with Crippen molar-refractivity contribution in [2.45, 2.75) is 6.43 Å². The molecule has 0 bridgehead atoms. The van der Waals surface area contributed by atoms with E-state index in [2.05, 4.69) is 4.98 Å². The zero-order valence-electron chi connectivity index (χ0n) is 5.80. The molecule has 2 nitrogen and oxygen atoms in total. The summed E-state index contributed by atoms with van der Waals surface area (Å²) in [6.07, 6.45) is -1.96. The normalized spacial score (nSPS) is 10.3. The lowest BCUT2D eigenvalue weighted by atomic mass is 10.2. The van der Waals surface area contributed by atoms with Gasteiger partial charge >= 0.3 is 0 Å². The lowest BCUT2D eigenvalue weighted by molar-refractivity contribution is 0.111. The van der Waals surface area contributed by atoms with Crippen LogP contribution < -0.4 is 0 Å². The lowest BCUT2D eigenvalue weighted by Crippen LogP contribution is -1.95. The first kappa shape index (κ1) is 8.70. The Morgan fingerprint density at radius 1 is 1.50 bits per heavy atom. The second-order valence-corrected chi connectivity index (χ2v) is 2.05. The molecule has 0 saturated heterocycles. The van der Waals surface area contributed by atoms with Crippen molar-refractivity contribution >= 4 is 6.29 Å². The molecule has 1 aromatic heterocycles. The summed E-state index contributed by atoms with van der Waals surface area (Å²) in [6.45, 7) is 0. The average molecular weight is 175 g/mol. The van der Waals surface area contributed by atoms with E-state index < -0.39 is 17.8 Å². The SMILES string of the molecule is O=Cc1cc(F)c(C(F)F)cn1. The Morgan fingerprint density at radius 3 is 2.58 bits per heavy atom. The number of hydrogen-bond donors (Lipinski definition) is 0. The van der Waals surface area contributed by atoms with Crippen molar-refractivity contribution in [3.8, 4) is 0 Å². The number of aldehydes is 1. The first-order valence-corrected chi connectivity index (χ1v) is 3.04. The van der Waals surface area contributed by atoms with E-state index in [0.717, 1.165) is 0 Å². The van der Waals surface area contributed by atoms with Crippen molar-refractivity contribution in [1.82, 2.24) is 4.98 Å². The highest BCUT2D eigenvalue weighted by Crippen LogP contribution is 2.20. The molecule has 0 aliphatic heterocycles. The lowest BCUT2D eigenvalue weighted by Gasteiger charge is -1.99. The van der Waals surface area contributed by atoms with E-state index in [1.165, 1.54) is 0 Å². The fourth-order valence-corrected chi connectivity index (χ4v) is 0.681. The molecule has 0 saturated carbocycles. The van der Waals surface area contributed by atoms with E-state index in [4.69, 9.17) is 0 Å². The van der Waals surface area contributed by atoms with Crippen LogP contribution in [0.5, 0.6) is 0 Å². The minimum atomic E-state index is -2.90. The first-order valence-electron chi connectivity index (χ1n) is 3.04. The van der Waals surface area contributed by atoms with Crippen molar-refractivity contribution in [3.63, 3.8) is 0 Å². The van der Waals surface area contributed by atoms with Crippen molar-refractivity contribution in [2.75, 3.05) is 0 Å². The number of rotatable bonds is 2. The third-order valence-electron chi connectivity index (χ3n) is 1.26. The fraction of sp³-hybridized carbons (Fsp3) is 0.143. The molecule has 0 radical (unpaired) electrons. The minimum absolute atomic E-state index is 0.197. The van der Waals surface area contributed by atoms with Gasteiger partial charge in [0, 0.05) is 12.3 Å². The highest BCUT2D eigenvalue weighted by molar-refractivity contribution is 5.71. The van der Waals surface area contributed by atoms with E-state index >= 15 is 0 Å². The van der Waals surface area contributed by atoms with Crippen LogP contribution in [0.3, 0.4) is 0 Å². The van der Waals surface area contributed by atoms with Gasteiger partial charge in [-0.15, -0.1) is 0 Å². The summed E-state index contributed by atoms with van der Waals surface area (Å²) < 4.78 is 36.4. The Bertz CT molecular complexity index is 301. The molecule has 5 heteroatoms. The highest BCUT2D eigenvalue weighted by atomic mass is 19.3. The minimum Gasteiger partial charge on any atom is -0.296 e. The second kappa shape index (κ2) is 3.34. The van der Waals surface area contributed by atoms with Crippen LogP contribution in [0.4, 0.5) is 13.2 Å². The molecule has 64 valence electrons. The number of carbonyl (C=O) groups is 1. The summed E-state index contributed by atoms with van der Waals surface area (Å²) >= 11 is 0. The van der Waals surface area contributed by atoms with Crippen molar-refractivity contribution < 1.29 is 18.0 Å². The van der Waals surface area contributed by atoms with Gasteiger partial charge in [0.25, 0.3) is 6.43 Å². The summed E-state index contributed by atoms with van der Waals surface area (Å²) in [4.78, 5) is 13.3. The predicted octanol–water partition coefficient (Wildman–Crippen LogP) is 1.97. The molecule has 0 aliphatic carbocycles. The van der Waals surface area contributed by atoms with Gasteiger partial charge in [-0.05, 0) is 0 Å². The molecule has 0 amide bonds. The fourth-order valence-electron chi connectivity index (χ4n) is 0.681. The molecule has 1 rings (SSSR count). The van der Waals surface area contributed by atoms with Crippen LogP contribution in [0, 0.1) is 5.82 Å². The number of pyridine rings is 1. The predicted molar refractivity (Wildman–Crippen MR) is 34.5 cm³/mol. The molecule has 12 heavy (non-hydrogen) atoms. The van der Waals surface area contributed by atoms with Gasteiger partial charge in [-0.2, -0.15) is 0 Å². The third kappa shape index (κ3) is 1.61. The van der Waals surface area contributed by atoms with Crippen LogP contribution in [0.25, 0.3) is 0 Å². The molecule has 0 fully saturated rings. The molecule has 0 atom stereocenters. The van der Waals surface area contributed by atoms with Gasteiger partial charge in [0.1, 0.15) is 11.5 Å². The molecule has 0 unspecified atom stereocenters. The van der Waals surface area contributed by atoms with Gasteiger partial charge in [0.05, 0.1) is 5.56 Å². The summed E-state index contributed by atoms with van der Waals surface area (Å²) in [6, 6.07) is 0.675. The maximum atomic E-state index is 12.6.